The van der Waals surface area contributed by atoms with Gasteiger partial charge in [-0.1, -0.05) is 25.0 Å². The topological polar surface area (TPSA) is 12.0 Å². The summed E-state index contributed by atoms with van der Waals surface area (Å²) in [7, 11) is 0. The molecule has 0 aliphatic carbocycles. The van der Waals surface area contributed by atoms with Gasteiger partial charge < -0.3 is 5.32 Å². The van der Waals surface area contributed by atoms with Crippen molar-refractivity contribution < 1.29 is 4.39 Å². The number of aryl methyl sites for hydroxylation is 1. The van der Waals surface area contributed by atoms with Crippen LogP contribution in [0.4, 0.5) is 4.39 Å². The predicted molar refractivity (Wildman–Crippen MR) is 61.0 cm³/mol. The van der Waals surface area contributed by atoms with Gasteiger partial charge in [0.25, 0.3) is 0 Å². The quantitative estimate of drug-likeness (QED) is 0.745. The summed E-state index contributed by atoms with van der Waals surface area (Å²) in [5.74, 6) is 2.42. The summed E-state index contributed by atoms with van der Waals surface area (Å²) in [5.41, 5.74) is 1.46. The van der Waals surface area contributed by atoms with Gasteiger partial charge >= 0.3 is 0 Å². The van der Waals surface area contributed by atoms with Crippen LogP contribution in [0.15, 0.2) is 18.2 Å². The van der Waals surface area contributed by atoms with E-state index in [2.05, 4.69) is 18.2 Å². The fraction of sp³-hybridized carbons (Fsp3) is 0.385. The molecule has 0 aliphatic rings. The van der Waals surface area contributed by atoms with Crippen LogP contribution < -0.4 is 5.32 Å². The molecule has 80 valence electrons. The number of halogens is 1. The highest BCUT2D eigenvalue weighted by molar-refractivity contribution is 5.29. The lowest BCUT2D eigenvalue weighted by molar-refractivity contribution is 0.598. The Balaban J connectivity index is 2.84. The van der Waals surface area contributed by atoms with E-state index in [1.807, 2.05) is 6.07 Å². The Morgan fingerprint density at radius 2 is 2.27 bits per heavy atom. The van der Waals surface area contributed by atoms with Gasteiger partial charge in [0.2, 0.25) is 0 Å². The van der Waals surface area contributed by atoms with Crippen LogP contribution in [0.3, 0.4) is 0 Å². The van der Waals surface area contributed by atoms with Crippen LogP contribution in [0.25, 0.3) is 0 Å². The Bertz CT molecular complexity index is 365. The number of benzene rings is 1. The fourth-order valence-electron chi connectivity index (χ4n) is 1.35. The number of nitrogens with one attached hydrogen (secondary N) is 1. The van der Waals surface area contributed by atoms with Gasteiger partial charge in [-0.2, -0.15) is 0 Å². The third kappa shape index (κ3) is 3.07. The lowest BCUT2D eigenvalue weighted by Gasteiger charge is -2.13. The molecule has 1 N–H and O–H groups in total. The lowest BCUT2D eigenvalue weighted by atomic mass is 10.1. The molecule has 1 aromatic rings. The van der Waals surface area contributed by atoms with Crippen molar-refractivity contribution in [2.45, 2.75) is 26.3 Å². The third-order valence-electron chi connectivity index (χ3n) is 2.29. The van der Waals surface area contributed by atoms with Crippen LogP contribution in [0.2, 0.25) is 0 Å². The molecule has 0 aromatic heterocycles. The smallest absolute Gasteiger partial charge is 0.126 e. The Kier molecular flexibility index (Phi) is 4.33. The monoisotopic (exact) mass is 205 g/mol. The molecule has 0 radical (unpaired) electrons. The average molecular weight is 205 g/mol. The van der Waals surface area contributed by atoms with Crippen LogP contribution in [0.1, 0.15) is 30.5 Å². The molecule has 0 aliphatic heterocycles. The van der Waals surface area contributed by atoms with E-state index in [0.717, 1.165) is 18.5 Å². The first-order valence-electron chi connectivity index (χ1n) is 5.14. The molecule has 0 spiro atoms. The molecule has 0 amide bonds. The van der Waals surface area contributed by atoms with Crippen LogP contribution in [0, 0.1) is 25.1 Å². The van der Waals surface area contributed by atoms with Gasteiger partial charge in [0.1, 0.15) is 5.82 Å². The van der Waals surface area contributed by atoms with E-state index in [-0.39, 0.29) is 11.9 Å². The zero-order chi connectivity index (χ0) is 11.3. The van der Waals surface area contributed by atoms with Crippen molar-refractivity contribution in [3.63, 3.8) is 0 Å². The van der Waals surface area contributed by atoms with Gasteiger partial charge in [0.15, 0.2) is 0 Å². The molecule has 1 rings (SSSR count). The minimum atomic E-state index is -0.203. The molecule has 1 unspecified atom stereocenters. The SMILES string of the molecule is C#CC(NCCC)c1ccc(C)c(F)c1. The number of hydrogen-bond acceptors (Lipinski definition) is 1. The molecule has 0 heterocycles. The Labute approximate surface area is 90.7 Å². The largest absolute Gasteiger partial charge is 0.300 e. The molecular formula is C13H16FN. The Morgan fingerprint density at radius 1 is 1.53 bits per heavy atom. The number of terminal acetylenes is 1. The summed E-state index contributed by atoms with van der Waals surface area (Å²) in [4.78, 5) is 0. The van der Waals surface area contributed by atoms with Gasteiger partial charge in [-0.15, -0.1) is 6.42 Å². The van der Waals surface area contributed by atoms with Crippen molar-refractivity contribution in [2.75, 3.05) is 6.54 Å². The highest BCUT2D eigenvalue weighted by Gasteiger charge is 2.08. The molecule has 15 heavy (non-hydrogen) atoms. The highest BCUT2D eigenvalue weighted by Crippen LogP contribution is 2.16. The number of hydrogen-bond donors (Lipinski definition) is 1. The lowest BCUT2D eigenvalue weighted by Crippen LogP contribution is -2.20. The molecular weight excluding hydrogens is 189 g/mol. The molecule has 1 atom stereocenters. The van der Waals surface area contributed by atoms with Gasteiger partial charge in [0, 0.05) is 0 Å². The van der Waals surface area contributed by atoms with Crippen molar-refractivity contribution in [2.24, 2.45) is 0 Å². The normalized spacial score (nSPS) is 12.1. The molecule has 2 heteroatoms. The first kappa shape index (κ1) is 11.7. The average Bonchev–Trinajstić information content (AvgIpc) is 2.24. The van der Waals surface area contributed by atoms with Crippen molar-refractivity contribution in [3.8, 4) is 12.3 Å². The predicted octanol–water partition coefficient (Wildman–Crippen LogP) is 2.81. The zero-order valence-electron chi connectivity index (χ0n) is 9.18. The summed E-state index contributed by atoms with van der Waals surface area (Å²) >= 11 is 0. The van der Waals surface area contributed by atoms with E-state index in [0.29, 0.717) is 5.56 Å². The molecule has 0 fully saturated rings. The Morgan fingerprint density at radius 3 is 2.80 bits per heavy atom. The van der Waals surface area contributed by atoms with E-state index in [1.165, 1.54) is 6.07 Å². The molecule has 1 nitrogen and oxygen atoms in total. The maximum atomic E-state index is 13.3. The summed E-state index contributed by atoms with van der Waals surface area (Å²) in [6, 6.07) is 4.93. The molecule has 1 aromatic carbocycles. The first-order chi connectivity index (χ1) is 7.19. The Hall–Kier alpha value is -1.33. The fourth-order valence-corrected chi connectivity index (χ4v) is 1.35. The summed E-state index contributed by atoms with van der Waals surface area (Å²) in [6.45, 7) is 4.64. The molecule has 0 saturated carbocycles. The van der Waals surface area contributed by atoms with Crippen LogP contribution in [-0.4, -0.2) is 6.54 Å². The van der Waals surface area contributed by atoms with Crippen molar-refractivity contribution in [3.05, 3.63) is 35.1 Å². The van der Waals surface area contributed by atoms with Gasteiger partial charge in [-0.25, -0.2) is 4.39 Å². The van der Waals surface area contributed by atoms with Crippen molar-refractivity contribution in [1.82, 2.24) is 5.32 Å². The maximum Gasteiger partial charge on any atom is 0.126 e. The first-order valence-corrected chi connectivity index (χ1v) is 5.14. The number of rotatable bonds is 4. The minimum absolute atomic E-state index is 0.194. The van der Waals surface area contributed by atoms with Gasteiger partial charge in [-0.05, 0) is 37.1 Å². The second-order valence-electron chi connectivity index (χ2n) is 3.56. The summed E-state index contributed by atoms with van der Waals surface area (Å²) in [5, 5.41) is 3.18. The minimum Gasteiger partial charge on any atom is -0.300 e. The van der Waals surface area contributed by atoms with Crippen LogP contribution in [-0.2, 0) is 0 Å². The van der Waals surface area contributed by atoms with Crippen LogP contribution in [0.5, 0.6) is 0 Å². The van der Waals surface area contributed by atoms with Gasteiger partial charge in [0.05, 0.1) is 6.04 Å². The van der Waals surface area contributed by atoms with Crippen LogP contribution >= 0.6 is 0 Å². The second kappa shape index (κ2) is 5.53. The van der Waals surface area contributed by atoms with E-state index in [1.54, 1.807) is 13.0 Å². The van der Waals surface area contributed by atoms with E-state index in [9.17, 15) is 4.39 Å². The third-order valence-corrected chi connectivity index (χ3v) is 2.29. The van der Waals surface area contributed by atoms with Crippen molar-refractivity contribution >= 4 is 0 Å². The standard InChI is InChI=1S/C13H16FN/c1-4-8-15-13(5-2)11-7-6-10(3)12(14)9-11/h2,6-7,9,13,15H,4,8H2,1,3H3. The maximum absolute atomic E-state index is 13.3. The van der Waals surface area contributed by atoms with Gasteiger partial charge in [-0.3, -0.25) is 0 Å². The second-order valence-corrected chi connectivity index (χ2v) is 3.56. The summed E-state index contributed by atoms with van der Waals surface area (Å²) in [6.07, 6.45) is 6.41. The molecule has 0 bridgehead atoms. The van der Waals surface area contributed by atoms with E-state index >= 15 is 0 Å². The van der Waals surface area contributed by atoms with Crippen molar-refractivity contribution in [1.29, 1.82) is 0 Å². The zero-order valence-corrected chi connectivity index (χ0v) is 9.18. The van der Waals surface area contributed by atoms with E-state index in [4.69, 9.17) is 6.42 Å². The highest BCUT2D eigenvalue weighted by atomic mass is 19.1. The van der Waals surface area contributed by atoms with E-state index < -0.39 is 0 Å². The summed E-state index contributed by atoms with van der Waals surface area (Å²) < 4.78 is 13.3. The molecule has 0 saturated heterocycles.